The molecule has 3 aromatic heterocycles. The highest BCUT2D eigenvalue weighted by Crippen LogP contribution is 2.11. The molecule has 0 bridgehead atoms. The number of amides is 1. The second-order valence-electron chi connectivity index (χ2n) is 6.24. The lowest BCUT2D eigenvalue weighted by atomic mass is 10.2. The van der Waals surface area contributed by atoms with Crippen molar-refractivity contribution in [2.75, 3.05) is 13.1 Å². The second-order valence-corrected chi connectivity index (χ2v) is 6.24. The maximum Gasteiger partial charge on any atom is 0.257 e. The molecule has 0 fully saturated rings. The predicted molar refractivity (Wildman–Crippen MR) is 96.6 cm³/mol. The molecule has 9 nitrogen and oxygen atoms in total. The largest absolute Gasteiger partial charge is 0.348 e. The minimum Gasteiger partial charge on any atom is -0.348 e. The van der Waals surface area contributed by atoms with Crippen molar-refractivity contribution in [2.24, 2.45) is 0 Å². The molecule has 3 aromatic rings. The van der Waals surface area contributed by atoms with Gasteiger partial charge in [0.05, 0.1) is 12.7 Å². The Morgan fingerprint density at radius 3 is 2.77 bits per heavy atom. The Hall–Kier alpha value is -2.81. The molecule has 138 valence electrons. The van der Waals surface area contributed by atoms with E-state index in [9.17, 15) is 4.79 Å². The van der Waals surface area contributed by atoms with Gasteiger partial charge in [-0.15, -0.1) is 0 Å². The molecule has 0 aromatic carbocycles. The molecule has 1 N–H and O–H groups in total. The summed E-state index contributed by atoms with van der Waals surface area (Å²) >= 11 is 0. The van der Waals surface area contributed by atoms with Gasteiger partial charge in [0.25, 0.3) is 5.91 Å². The molecule has 0 unspecified atom stereocenters. The van der Waals surface area contributed by atoms with Gasteiger partial charge in [0.2, 0.25) is 0 Å². The summed E-state index contributed by atoms with van der Waals surface area (Å²) in [6, 6.07) is -0.0962. The first-order valence-corrected chi connectivity index (χ1v) is 8.78. The van der Waals surface area contributed by atoms with Crippen LogP contribution < -0.4 is 5.32 Å². The first kappa shape index (κ1) is 18.0. The molecule has 3 rings (SSSR count). The second kappa shape index (κ2) is 8.05. The lowest BCUT2D eigenvalue weighted by Crippen LogP contribution is -2.35. The Labute approximate surface area is 152 Å². The van der Waals surface area contributed by atoms with Gasteiger partial charge >= 0.3 is 0 Å². The van der Waals surface area contributed by atoms with Crippen LogP contribution >= 0.6 is 0 Å². The summed E-state index contributed by atoms with van der Waals surface area (Å²) < 4.78 is 3.34. The normalized spacial score (nSPS) is 12.6. The highest BCUT2D eigenvalue weighted by atomic mass is 16.1. The number of carbonyl (C=O) groups excluding carboxylic acids is 1. The topological polar surface area (TPSA) is 93.2 Å². The number of carbonyl (C=O) groups is 1. The van der Waals surface area contributed by atoms with Gasteiger partial charge in [-0.2, -0.15) is 10.2 Å². The van der Waals surface area contributed by atoms with Crippen molar-refractivity contribution in [3.63, 3.8) is 0 Å². The first-order chi connectivity index (χ1) is 12.6. The van der Waals surface area contributed by atoms with E-state index in [-0.39, 0.29) is 11.9 Å². The van der Waals surface area contributed by atoms with Crippen LogP contribution in [0, 0.1) is 0 Å². The van der Waals surface area contributed by atoms with Crippen molar-refractivity contribution in [1.82, 2.24) is 39.6 Å². The molecular weight excluding hydrogens is 332 g/mol. The first-order valence-electron chi connectivity index (χ1n) is 8.78. The predicted octanol–water partition coefficient (Wildman–Crippen LogP) is 0.981. The lowest BCUT2D eigenvalue weighted by Gasteiger charge is -2.17. The van der Waals surface area contributed by atoms with Crippen LogP contribution in [0.25, 0.3) is 5.65 Å². The molecule has 0 aliphatic carbocycles. The minimum absolute atomic E-state index is 0.0962. The van der Waals surface area contributed by atoms with E-state index in [2.05, 4.69) is 44.2 Å². The molecular formula is C17H24N8O. The fraction of sp³-hybridized carbons (Fsp3) is 0.471. The van der Waals surface area contributed by atoms with E-state index in [1.54, 1.807) is 21.7 Å². The van der Waals surface area contributed by atoms with Crippen LogP contribution in [0.1, 0.15) is 36.7 Å². The third kappa shape index (κ3) is 4.05. The highest BCUT2D eigenvalue weighted by molar-refractivity contribution is 5.99. The molecule has 0 saturated carbocycles. The number of hydrogen-bond donors (Lipinski definition) is 1. The van der Waals surface area contributed by atoms with Gasteiger partial charge in [0.15, 0.2) is 5.65 Å². The summed E-state index contributed by atoms with van der Waals surface area (Å²) in [4.78, 5) is 23.2. The summed E-state index contributed by atoms with van der Waals surface area (Å²) in [7, 11) is 0. The number of aromatic nitrogens is 6. The molecule has 3 heterocycles. The summed E-state index contributed by atoms with van der Waals surface area (Å²) in [5.74, 6) is -0.198. The van der Waals surface area contributed by atoms with Crippen molar-refractivity contribution < 1.29 is 4.79 Å². The fourth-order valence-corrected chi connectivity index (χ4v) is 2.82. The number of fused-ring (bicyclic) bond motifs is 1. The van der Waals surface area contributed by atoms with Crippen molar-refractivity contribution >= 4 is 11.6 Å². The maximum atomic E-state index is 12.6. The van der Waals surface area contributed by atoms with E-state index in [1.807, 2.05) is 19.3 Å². The van der Waals surface area contributed by atoms with Crippen LogP contribution in [0.4, 0.5) is 0 Å². The average Bonchev–Trinajstić information content (AvgIpc) is 3.28. The summed E-state index contributed by atoms with van der Waals surface area (Å²) in [6.07, 6.45) is 8.39. The van der Waals surface area contributed by atoms with Crippen molar-refractivity contribution in [1.29, 1.82) is 0 Å². The zero-order chi connectivity index (χ0) is 18.5. The molecule has 0 saturated heterocycles. The van der Waals surface area contributed by atoms with E-state index < -0.39 is 0 Å². The van der Waals surface area contributed by atoms with Gasteiger partial charge in [-0.25, -0.2) is 14.5 Å². The SMILES string of the molecule is CCN(CC)Cc1cnc2c(C(=O)N[C@H](C)Cn3cncn3)cnn2c1. The van der Waals surface area contributed by atoms with Crippen LogP contribution in [-0.4, -0.2) is 59.3 Å². The van der Waals surface area contributed by atoms with Gasteiger partial charge in [-0.05, 0) is 20.0 Å². The number of rotatable bonds is 8. The Bertz CT molecular complexity index is 853. The Kier molecular flexibility index (Phi) is 5.57. The molecule has 9 heteroatoms. The van der Waals surface area contributed by atoms with E-state index in [0.717, 1.165) is 25.2 Å². The average molecular weight is 356 g/mol. The zero-order valence-electron chi connectivity index (χ0n) is 15.3. The molecule has 0 aliphatic rings. The monoisotopic (exact) mass is 356 g/mol. The highest BCUT2D eigenvalue weighted by Gasteiger charge is 2.17. The third-order valence-corrected chi connectivity index (χ3v) is 4.26. The number of nitrogens with one attached hydrogen (secondary N) is 1. The van der Waals surface area contributed by atoms with Gasteiger partial charge in [0.1, 0.15) is 18.2 Å². The lowest BCUT2D eigenvalue weighted by molar-refractivity contribution is 0.0937. The Morgan fingerprint density at radius 1 is 1.27 bits per heavy atom. The summed E-state index contributed by atoms with van der Waals surface area (Å²) in [5, 5.41) is 11.3. The van der Waals surface area contributed by atoms with Crippen LogP contribution in [0.3, 0.4) is 0 Å². The third-order valence-electron chi connectivity index (χ3n) is 4.26. The standard InChI is InChI=1S/C17H24N8O/c1-4-23(5-2)9-14-6-19-16-15(7-20-25(16)10-14)17(26)22-13(3)8-24-12-18-11-21-24/h6-7,10-13H,4-5,8-9H2,1-3H3,(H,22,26)/t13-/m1/s1. The smallest absolute Gasteiger partial charge is 0.257 e. The molecule has 0 radical (unpaired) electrons. The van der Waals surface area contributed by atoms with Crippen molar-refractivity contribution in [3.05, 3.63) is 42.4 Å². The maximum absolute atomic E-state index is 12.6. The van der Waals surface area contributed by atoms with E-state index in [0.29, 0.717) is 17.8 Å². The Balaban J connectivity index is 1.70. The fourth-order valence-electron chi connectivity index (χ4n) is 2.82. The zero-order valence-corrected chi connectivity index (χ0v) is 15.3. The van der Waals surface area contributed by atoms with Crippen LogP contribution in [0.2, 0.25) is 0 Å². The van der Waals surface area contributed by atoms with Crippen LogP contribution in [0.15, 0.2) is 31.2 Å². The van der Waals surface area contributed by atoms with Crippen LogP contribution in [-0.2, 0) is 13.1 Å². The quantitative estimate of drug-likeness (QED) is 0.647. The molecule has 0 spiro atoms. The van der Waals surface area contributed by atoms with E-state index in [1.165, 1.54) is 6.33 Å². The number of hydrogen-bond acceptors (Lipinski definition) is 6. The molecule has 1 atom stereocenters. The Morgan fingerprint density at radius 2 is 2.08 bits per heavy atom. The summed E-state index contributed by atoms with van der Waals surface area (Å²) in [6.45, 7) is 9.49. The van der Waals surface area contributed by atoms with Gasteiger partial charge in [-0.1, -0.05) is 13.8 Å². The molecule has 26 heavy (non-hydrogen) atoms. The van der Waals surface area contributed by atoms with Gasteiger partial charge in [-0.3, -0.25) is 14.4 Å². The van der Waals surface area contributed by atoms with Crippen LogP contribution in [0.5, 0.6) is 0 Å². The van der Waals surface area contributed by atoms with E-state index >= 15 is 0 Å². The molecule has 0 aliphatic heterocycles. The van der Waals surface area contributed by atoms with Gasteiger partial charge < -0.3 is 5.32 Å². The minimum atomic E-state index is -0.198. The molecule has 1 amide bonds. The van der Waals surface area contributed by atoms with E-state index in [4.69, 9.17) is 0 Å². The van der Waals surface area contributed by atoms with Crippen molar-refractivity contribution in [2.45, 2.75) is 39.9 Å². The van der Waals surface area contributed by atoms with Crippen molar-refractivity contribution in [3.8, 4) is 0 Å². The van der Waals surface area contributed by atoms with Gasteiger partial charge in [0, 0.05) is 30.5 Å². The number of nitrogens with zero attached hydrogens (tertiary/aromatic N) is 7. The summed E-state index contributed by atoms with van der Waals surface area (Å²) in [5.41, 5.74) is 2.08.